The summed E-state index contributed by atoms with van der Waals surface area (Å²) < 4.78 is 4.15. The molecule has 1 heterocycles. The highest BCUT2D eigenvalue weighted by Crippen LogP contribution is 2.20. The summed E-state index contributed by atoms with van der Waals surface area (Å²) >= 11 is 2.69. The molecule has 0 atom stereocenters. The minimum atomic E-state index is -0.977. The number of thioether (sulfide) groups is 1. The number of benzene rings is 1. The Balaban J connectivity index is 1.80. The van der Waals surface area contributed by atoms with Gasteiger partial charge in [-0.1, -0.05) is 30.8 Å². The van der Waals surface area contributed by atoms with E-state index in [2.05, 4.69) is 26.9 Å². The van der Waals surface area contributed by atoms with Gasteiger partial charge in [-0.25, -0.2) is 9.59 Å². The van der Waals surface area contributed by atoms with Crippen molar-refractivity contribution in [2.45, 2.75) is 25.0 Å². The molecule has 0 aliphatic rings. The average molecular weight is 352 g/mol. The smallest absolute Gasteiger partial charge is 0.335 e. The number of carbonyl (C=O) groups is 2. The van der Waals surface area contributed by atoms with Gasteiger partial charge in [0.15, 0.2) is 0 Å². The van der Waals surface area contributed by atoms with E-state index in [1.807, 2.05) is 0 Å². The fourth-order valence-corrected chi connectivity index (χ4v) is 3.00. The molecule has 0 bridgehead atoms. The van der Waals surface area contributed by atoms with Gasteiger partial charge in [0.05, 0.1) is 5.56 Å². The van der Waals surface area contributed by atoms with E-state index in [4.69, 9.17) is 5.11 Å². The minimum absolute atomic E-state index is 0.212. The summed E-state index contributed by atoms with van der Waals surface area (Å²) in [6, 6.07) is 5.94. The summed E-state index contributed by atoms with van der Waals surface area (Å²) in [5.74, 6) is -0.0374. The third-order valence-corrected chi connectivity index (χ3v) is 4.52. The number of nitrogens with zero attached hydrogens (tertiary/aromatic N) is 2. The average Bonchev–Trinajstić information content (AvgIpc) is 2.98. The molecule has 0 saturated heterocycles. The molecule has 0 aliphatic carbocycles. The molecule has 1 aromatic heterocycles. The topological polar surface area (TPSA) is 104 Å². The molecule has 23 heavy (non-hydrogen) atoms. The number of carboxylic acids is 1. The first-order valence-corrected chi connectivity index (χ1v) is 8.68. The van der Waals surface area contributed by atoms with E-state index in [0.29, 0.717) is 16.8 Å². The molecule has 3 N–H and O–H groups in total. The van der Waals surface area contributed by atoms with E-state index in [-0.39, 0.29) is 11.6 Å². The highest BCUT2D eigenvalue weighted by molar-refractivity contribution is 7.99. The summed E-state index contributed by atoms with van der Waals surface area (Å²) in [5, 5.41) is 15.2. The van der Waals surface area contributed by atoms with Crippen LogP contribution in [-0.4, -0.2) is 32.2 Å². The molecular formula is C14H16N4O3S2. The molecule has 0 unspecified atom stereocenters. The highest BCUT2D eigenvalue weighted by Gasteiger charge is 2.08. The van der Waals surface area contributed by atoms with Crippen LogP contribution < -0.4 is 10.6 Å². The molecule has 7 nitrogen and oxygen atoms in total. The molecule has 1 aromatic carbocycles. The number of aromatic carboxylic acids is 1. The Labute approximate surface area is 141 Å². The molecule has 0 saturated carbocycles. The van der Waals surface area contributed by atoms with Gasteiger partial charge >= 0.3 is 12.0 Å². The van der Waals surface area contributed by atoms with Crippen molar-refractivity contribution in [2.75, 3.05) is 11.1 Å². The van der Waals surface area contributed by atoms with Crippen LogP contribution in [0.4, 0.5) is 9.93 Å². The lowest BCUT2D eigenvalue weighted by Crippen LogP contribution is -2.28. The second kappa shape index (κ2) is 8.49. The van der Waals surface area contributed by atoms with Crippen LogP contribution >= 0.6 is 23.3 Å². The van der Waals surface area contributed by atoms with Gasteiger partial charge in [-0.3, -0.25) is 5.32 Å². The monoisotopic (exact) mass is 352 g/mol. The fourth-order valence-electron chi connectivity index (χ4n) is 1.60. The molecular weight excluding hydrogens is 336 g/mol. The lowest BCUT2D eigenvalue weighted by molar-refractivity contribution is 0.0697. The zero-order chi connectivity index (χ0) is 16.7. The summed E-state index contributed by atoms with van der Waals surface area (Å²) in [6.45, 7) is 2.37. The van der Waals surface area contributed by atoms with E-state index in [9.17, 15) is 9.59 Å². The third-order valence-electron chi connectivity index (χ3n) is 2.72. The Kier molecular flexibility index (Phi) is 6.36. The lowest BCUT2D eigenvalue weighted by Gasteiger charge is -2.05. The molecule has 122 valence electrons. The maximum atomic E-state index is 11.8. The lowest BCUT2D eigenvalue weighted by atomic mass is 10.1. The normalized spacial score (nSPS) is 10.3. The van der Waals surface area contributed by atoms with Crippen LogP contribution in [0.2, 0.25) is 0 Å². The molecule has 0 radical (unpaired) electrons. The van der Waals surface area contributed by atoms with E-state index in [1.54, 1.807) is 23.9 Å². The van der Waals surface area contributed by atoms with Crippen molar-refractivity contribution >= 4 is 40.4 Å². The first kappa shape index (κ1) is 17.2. The first-order chi connectivity index (χ1) is 11.1. The number of urea groups is 1. The quantitative estimate of drug-likeness (QED) is 0.662. The van der Waals surface area contributed by atoms with Crippen LogP contribution in [0.5, 0.6) is 0 Å². The van der Waals surface area contributed by atoms with Crippen LogP contribution in [0, 0.1) is 0 Å². The van der Waals surface area contributed by atoms with E-state index in [1.165, 1.54) is 12.1 Å². The Bertz CT molecular complexity index is 673. The number of amides is 2. The molecule has 2 aromatic rings. The van der Waals surface area contributed by atoms with Crippen molar-refractivity contribution in [1.29, 1.82) is 0 Å². The third kappa shape index (κ3) is 5.53. The van der Waals surface area contributed by atoms with Crippen LogP contribution in [0.3, 0.4) is 0 Å². The van der Waals surface area contributed by atoms with Gasteiger partial charge < -0.3 is 10.4 Å². The Morgan fingerprint density at radius 1 is 1.30 bits per heavy atom. The Morgan fingerprint density at radius 2 is 2.04 bits per heavy atom. The predicted molar refractivity (Wildman–Crippen MR) is 90.2 cm³/mol. The van der Waals surface area contributed by atoms with Gasteiger partial charge in [0, 0.05) is 23.8 Å². The van der Waals surface area contributed by atoms with Crippen molar-refractivity contribution in [3.8, 4) is 0 Å². The van der Waals surface area contributed by atoms with Gasteiger partial charge in [0.25, 0.3) is 0 Å². The van der Waals surface area contributed by atoms with Gasteiger partial charge in [-0.2, -0.15) is 9.36 Å². The molecule has 0 aliphatic heterocycles. The maximum Gasteiger partial charge on any atom is 0.335 e. The zero-order valence-corrected chi connectivity index (χ0v) is 14.0. The largest absolute Gasteiger partial charge is 0.478 e. The summed E-state index contributed by atoms with van der Waals surface area (Å²) in [6.07, 6.45) is 1.04. The maximum absolute atomic E-state index is 11.8. The second-order valence-electron chi connectivity index (χ2n) is 4.54. The van der Waals surface area contributed by atoms with Crippen molar-refractivity contribution in [3.05, 3.63) is 35.4 Å². The number of carbonyl (C=O) groups excluding carboxylic acids is 1. The Hall–Kier alpha value is -2.13. The molecule has 2 rings (SSSR count). The number of carboxylic acid groups (broad SMARTS) is 1. The number of rotatable bonds is 7. The van der Waals surface area contributed by atoms with Crippen molar-refractivity contribution in [2.24, 2.45) is 0 Å². The van der Waals surface area contributed by atoms with Crippen LogP contribution in [0.25, 0.3) is 0 Å². The molecule has 0 fully saturated rings. The highest BCUT2D eigenvalue weighted by atomic mass is 32.2. The van der Waals surface area contributed by atoms with Gasteiger partial charge in [-0.05, 0) is 24.1 Å². The van der Waals surface area contributed by atoms with Crippen LogP contribution in [0.15, 0.2) is 29.4 Å². The predicted octanol–water partition coefficient (Wildman–Crippen LogP) is 3.06. The van der Waals surface area contributed by atoms with Gasteiger partial charge in [0.1, 0.15) is 0 Å². The number of nitrogens with one attached hydrogen (secondary N) is 2. The van der Waals surface area contributed by atoms with Crippen LogP contribution in [-0.2, 0) is 6.54 Å². The van der Waals surface area contributed by atoms with Crippen LogP contribution in [0.1, 0.15) is 29.3 Å². The molecule has 2 amide bonds. The van der Waals surface area contributed by atoms with Gasteiger partial charge in [-0.15, -0.1) is 0 Å². The van der Waals surface area contributed by atoms with Crippen molar-refractivity contribution in [3.63, 3.8) is 0 Å². The van der Waals surface area contributed by atoms with E-state index in [0.717, 1.165) is 29.3 Å². The Morgan fingerprint density at radius 3 is 2.70 bits per heavy atom. The number of hydrogen-bond donors (Lipinski definition) is 3. The van der Waals surface area contributed by atoms with Crippen molar-refractivity contribution in [1.82, 2.24) is 14.7 Å². The minimum Gasteiger partial charge on any atom is -0.478 e. The van der Waals surface area contributed by atoms with E-state index >= 15 is 0 Å². The van der Waals surface area contributed by atoms with E-state index < -0.39 is 5.97 Å². The summed E-state index contributed by atoms with van der Waals surface area (Å²) in [5.41, 5.74) is 1.02. The summed E-state index contributed by atoms with van der Waals surface area (Å²) in [4.78, 5) is 26.8. The first-order valence-electron chi connectivity index (χ1n) is 6.92. The standard InChI is InChI=1S/C14H16N4O3S2/c1-2-7-22-14-17-13(23-18-14)16-12(21)15-8-9-3-5-10(6-4-9)11(19)20/h3-6H,2,7-8H2,1H3,(H,19,20)(H2,15,16,17,18,21). The number of hydrogen-bond acceptors (Lipinski definition) is 6. The summed E-state index contributed by atoms with van der Waals surface area (Å²) in [7, 11) is 0. The number of aromatic nitrogens is 2. The fraction of sp³-hybridized carbons (Fsp3) is 0.286. The zero-order valence-electron chi connectivity index (χ0n) is 12.4. The van der Waals surface area contributed by atoms with Gasteiger partial charge in [0.2, 0.25) is 10.3 Å². The SMILES string of the molecule is CCCSc1nsc(NC(=O)NCc2ccc(C(=O)O)cc2)n1. The molecule has 9 heteroatoms. The number of anilines is 1. The van der Waals surface area contributed by atoms with Crippen molar-refractivity contribution < 1.29 is 14.7 Å². The molecule has 0 spiro atoms. The second-order valence-corrected chi connectivity index (χ2v) is 6.35.